The molecule has 0 spiro atoms. The molecular formula is C10H7NO3. The molecule has 0 bridgehead atoms. The summed E-state index contributed by atoms with van der Waals surface area (Å²) in [6.07, 6.45) is 1.38. The van der Waals surface area contributed by atoms with Crippen LogP contribution in [0.25, 0.3) is 0 Å². The van der Waals surface area contributed by atoms with E-state index in [0.29, 0.717) is 17.9 Å². The SMILES string of the molecule is O=C1NCc2cc(C#CO)ccc2O1. The molecule has 1 aliphatic heterocycles. The van der Waals surface area contributed by atoms with Crippen LogP contribution in [-0.2, 0) is 6.54 Å². The minimum atomic E-state index is -0.446. The van der Waals surface area contributed by atoms with Crippen LogP contribution in [-0.4, -0.2) is 11.2 Å². The zero-order valence-electron chi connectivity index (χ0n) is 7.20. The lowest BCUT2D eigenvalue weighted by atomic mass is 10.1. The molecule has 70 valence electrons. The van der Waals surface area contributed by atoms with E-state index in [1.807, 2.05) is 6.11 Å². The summed E-state index contributed by atoms with van der Waals surface area (Å²) in [4.78, 5) is 10.8. The van der Waals surface area contributed by atoms with Crippen LogP contribution in [0.1, 0.15) is 11.1 Å². The molecule has 0 saturated carbocycles. The largest absolute Gasteiger partial charge is 0.462 e. The highest BCUT2D eigenvalue weighted by Gasteiger charge is 2.15. The smallest absolute Gasteiger partial charge is 0.412 e. The highest BCUT2D eigenvalue weighted by Crippen LogP contribution is 2.22. The zero-order valence-corrected chi connectivity index (χ0v) is 7.20. The summed E-state index contributed by atoms with van der Waals surface area (Å²) in [5.41, 5.74) is 1.54. The molecule has 0 fully saturated rings. The number of hydrogen-bond donors (Lipinski definition) is 2. The van der Waals surface area contributed by atoms with Crippen molar-refractivity contribution in [3.63, 3.8) is 0 Å². The summed E-state index contributed by atoms with van der Waals surface area (Å²) in [5.74, 6) is 3.05. The fraction of sp³-hybridized carbons (Fsp3) is 0.100. The Balaban J connectivity index is 2.39. The van der Waals surface area contributed by atoms with E-state index in [4.69, 9.17) is 9.84 Å². The van der Waals surface area contributed by atoms with Gasteiger partial charge in [0.15, 0.2) is 0 Å². The van der Waals surface area contributed by atoms with Gasteiger partial charge in [-0.15, -0.1) is 0 Å². The Bertz CT molecular complexity index is 442. The summed E-state index contributed by atoms with van der Waals surface area (Å²) < 4.78 is 4.90. The number of nitrogens with one attached hydrogen (secondary N) is 1. The van der Waals surface area contributed by atoms with Gasteiger partial charge in [-0.3, -0.25) is 0 Å². The third kappa shape index (κ3) is 1.48. The Hall–Kier alpha value is -2.15. The van der Waals surface area contributed by atoms with Gasteiger partial charge in [0, 0.05) is 17.7 Å². The Morgan fingerprint density at radius 2 is 2.36 bits per heavy atom. The van der Waals surface area contributed by atoms with Gasteiger partial charge in [-0.05, 0) is 24.1 Å². The van der Waals surface area contributed by atoms with Gasteiger partial charge in [-0.25, -0.2) is 4.79 Å². The van der Waals surface area contributed by atoms with Crippen molar-refractivity contribution in [3.8, 4) is 17.8 Å². The molecule has 4 nitrogen and oxygen atoms in total. The normalized spacial score (nSPS) is 13.0. The van der Waals surface area contributed by atoms with Crippen molar-refractivity contribution >= 4 is 6.09 Å². The topological polar surface area (TPSA) is 58.6 Å². The Labute approximate surface area is 80.5 Å². The second kappa shape index (κ2) is 3.30. The fourth-order valence-corrected chi connectivity index (χ4v) is 1.26. The third-order valence-electron chi connectivity index (χ3n) is 1.89. The summed E-state index contributed by atoms with van der Waals surface area (Å²) in [5, 5.41) is 10.9. The molecule has 0 radical (unpaired) electrons. The highest BCUT2D eigenvalue weighted by molar-refractivity contribution is 5.73. The lowest BCUT2D eigenvalue weighted by Crippen LogP contribution is -2.31. The first-order valence-corrected chi connectivity index (χ1v) is 4.03. The van der Waals surface area contributed by atoms with E-state index in [1.165, 1.54) is 0 Å². The van der Waals surface area contributed by atoms with Crippen molar-refractivity contribution < 1.29 is 14.6 Å². The molecule has 1 aromatic rings. The Morgan fingerprint density at radius 1 is 1.50 bits per heavy atom. The number of fused-ring (bicyclic) bond motifs is 1. The van der Waals surface area contributed by atoms with Gasteiger partial charge in [0.05, 0.1) is 0 Å². The van der Waals surface area contributed by atoms with Crippen LogP contribution < -0.4 is 10.1 Å². The van der Waals surface area contributed by atoms with E-state index in [0.717, 1.165) is 5.56 Å². The number of carbonyl (C=O) groups excluding carboxylic acids is 1. The zero-order chi connectivity index (χ0) is 9.97. The van der Waals surface area contributed by atoms with Crippen LogP contribution in [0, 0.1) is 12.0 Å². The van der Waals surface area contributed by atoms with Crippen LogP contribution in [0.3, 0.4) is 0 Å². The first kappa shape index (κ1) is 8.45. The van der Waals surface area contributed by atoms with Crippen LogP contribution in [0.4, 0.5) is 4.79 Å². The molecule has 2 N–H and O–H groups in total. The van der Waals surface area contributed by atoms with E-state index in [-0.39, 0.29) is 0 Å². The van der Waals surface area contributed by atoms with Crippen molar-refractivity contribution in [2.75, 3.05) is 0 Å². The van der Waals surface area contributed by atoms with Crippen molar-refractivity contribution in [2.24, 2.45) is 0 Å². The van der Waals surface area contributed by atoms with Gasteiger partial charge >= 0.3 is 6.09 Å². The monoisotopic (exact) mass is 189 g/mol. The minimum absolute atomic E-state index is 0.426. The van der Waals surface area contributed by atoms with Gasteiger partial charge in [0.1, 0.15) is 11.9 Å². The van der Waals surface area contributed by atoms with Crippen LogP contribution in [0.2, 0.25) is 0 Å². The Kier molecular flexibility index (Phi) is 1.99. The minimum Gasteiger partial charge on any atom is -0.462 e. The van der Waals surface area contributed by atoms with Gasteiger partial charge in [0.2, 0.25) is 0 Å². The molecule has 0 unspecified atom stereocenters. The number of amides is 1. The number of carbonyl (C=O) groups is 1. The van der Waals surface area contributed by atoms with Gasteiger partial charge in [-0.1, -0.05) is 0 Å². The summed E-state index contributed by atoms with van der Waals surface area (Å²) >= 11 is 0. The van der Waals surface area contributed by atoms with E-state index in [9.17, 15) is 4.79 Å². The van der Waals surface area contributed by atoms with Crippen LogP contribution in [0.5, 0.6) is 5.75 Å². The van der Waals surface area contributed by atoms with Gasteiger partial charge in [-0.2, -0.15) is 0 Å². The van der Waals surface area contributed by atoms with Crippen molar-refractivity contribution in [2.45, 2.75) is 6.54 Å². The Morgan fingerprint density at radius 3 is 3.14 bits per heavy atom. The molecule has 4 heteroatoms. The predicted octanol–water partition coefficient (Wildman–Crippen LogP) is 0.970. The standard InChI is InChI=1S/C10H7NO3/c12-4-3-7-1-2-9-8(5-7)6-11-10(13)14-9/h1-2,5,12H,6H2,(H,11,13). The van der Waals surface area contributed by atoms with Crippen molar-refractivity contribution in [3.05, 3.63) is 29.3 Å². The lowest BCUT2D eigenvalue weighted by molar-refractivity contribution is 0.194. The molecule has 1 aromatic carbocycles. The number of benzene rings is 1. The first-order valence-electron chi connectivity index (χ1n) is 4.03. The van der Waals surface area contributed by atoms with E-state index in [2.05, 4.69) is 11.2 Å². The molecule has 14 heavy (non-hydrogen) atoms. The van der Waals surface area contributed by atoms with Crippen molar-refractivity contribution in [1.29, 1.82) is 0 Å². The van der Waals surface area contributed by atoms with Crippen LogP contribution in [0.15, 0.2) is 18.2 Å². The lowest BCUT2D eigenvalue weighted by Gasteiger charge is -2.16. The average molecular weight is 189 g/mol. The molecule has 1 aliphatic rings. The average Bonchev–Trinajstić information content (AvgIpc) is 2.19. The van der Waals surface area contributed by atoms with E-state index in [1.54, 1.807) is 18.2 Å². The second-order valence-electron chi connectivity index (χ2n) is 2.80. The van der Waals surface area contributed by atoms with Gasteiger partial charge in [0.25, 0.3) is 0 Å². The maximum atomic E-state index is 10.8. The number of ether oxygens (including phenoxy) is 1. The third-order valence-corrected chi connectivity index (χ3v) is 1.89. The first-order chi connectivity index (χ1) is 6.79. The quantitative estimate of drug-likeness (QED) is 0.598. The highest BCUT2D eigenvalue weighted by atomic mass is 16.6. The summed E-state index contributed by atoms with van der Waals surface area (Å²) in [6.45, 7) is 0.426. The molecule has 1 amide bonds. The number of hydrogen-bond acceptors (Lipinski definition) is 3. The molecule has 1 heterocycles. The van der Waals surface area contributed by atoms with E-state index >= 15 is 0 Å². The molecular weight excluding hydrogens is 182 g/mol. The number of aliphatic hydroxyl groups is 1. The molecule has 0 saturated heterocycles. The van der Waals surface area contributed by atoms with Gasteiger partial charge < -0.3 is 15.2 Å². The van der Waals surface area contributed by atoms with Crippen LogP contribution >= 0.6 is 0 Å². The maximum absolute atomic E-state index is 10.8. The molecule has 0 aromatic heterocycles. The second-order valence-corrected chi connectivity index (χ2v) is 2.80. The predicted molar refractivity (Wildman–Crippen MR) is 48.1 cm³/mol. The van der Waals surface area contributed by atoms with E-state index < -0.39 is 6.09 Å². The molecule has 0 atom stereocenters. The molecule has 2 rings (SSSR count). The maximum Gasteiger partial charge on any atom is 0.412 e. The fourth-order valence-electron chi connectivity index (χ4n) is 1.26. The summed E-state index contributed by atoms with van der Waals surface area (Å²) in [7, 11) is 0. The number of aliphatic hydroxyl groups excluding tert-OH is 1. The number of rotatable bonds is 0. The van der Waals surface area contributed by atoms with Crippen molar-refractivity contribution in [1.82, 2.24) is 5.32 Å². The molecule has 0 aliphatic carbocycles. The summed E-state index contributed by atoms with van der Waals surface area (Å²) in [6, 6.07) is 5.10.